The largest absolute Gasteiger partial charge is 0.481 e. The molecule has 26 heavy (non-hydrogen) atoms. The minimum atomic E-state index is -0.819. The fourth-order valence-corrected chi connectivity index (χ4v) is 3.34. The average molecular weight is 359 g/mol. The SMILES string of the molecule is Cc1ccc(C(=O)N2CCC(C(=O)O)CC2)cc1N1CCC(=O)NC1=O. The van der Waals surface area contributed by atoms with Crippen molar-refractivity contribution in [1.82, 2.24) is 10.2 Å². The zero-order chi connectivity index (χ0) is 18.8. The van der Waals surface area contributed by atoms with Crippen molar-refractivity contribution in [2.45, 2.75) is 26.2 Å². The Bertz CT molecular complexity index is 768. The molecule has 4 amide bonds. The van der Waals surface area contributed by atoms with Gasteiger partial charge in [0.2, 0.25) is 5.91 Å². The highest BCUT2D eigenvalue weighted by Crippen LogP contribution is 2.25. The predicted molar refractivity (Wildman–Crippen MR) is 92.9 cm³/mol. The molecule has 0 atom stereocenters. The van der Waals surface area contributed by atoms with Crippen LogP contribution in [0.3, 0.4) is 0 Å². The minimum absolute atomic E-state index is 0.177. The van der Waals surface area contributed by atoms with E-state index in [0.717, 1.165) is 5.56 Å². The molecule has 1 aromatic rings. The molecule has 0 radical (unpaired) electrons. The number of rotatable bonds is 3. The third kappa shape index (κ3) is 3.54. The van der Waals surface area contributed by atoms with Crippen LogP contribution in [0.15, 0.2) is 18.2 Å². The van der Waals surface area contributed by atoms with Crippen LogP contribution >= 0.6 is 0 Å². The topological polar surface area (TPSA) is 107 Å². The monoisotopic (exact) mass is 359 g/mol. The Morgan fingerprint density at radius 1 is 1.15 bits per heavy atom. The molecule has 2 aliphatic heterocycles. The number of hydrogen-bond acceptors (Lipinski definition) is 4. The number of carboxylic acids is 1. The van der Waals surface area contributed by atoms with Crippen LogP contribution in [0.5, 0.6) is 0 Å². The number of carbonyl (C=O) groups excluding carboxylic acids is 3. The first kappa shape index (κ1) is 17.9. The number of carboxylic acid groups (broad SMARTS) is 1. The van der Waals surface area contributed by atoms with E-state index in [9.17, 15) is 19.2 Å². The minimum Gasteiger partial charge on any atom is -0.481 e. The van der Waals surface area contributed by atoms with Crippen LogP contribution in [0, 0.1) is 12.8 Å². The summed E-state index contributed by atoms with van der Waals surface area (Å²) < 4.78 is 0. The van der Waals surface area contributed by atoms with E-state index in [-0.39, 0.29) is 24.8 Å². The van der Waals surface area contributed by atoms with Crippen molar-refractivity contribution in [2.24, 2.45) is 5.92 Å². The van der Waals surface area contributed by atoms with Gasteiger partial charge in [0, 0.05) is 37.3 Å². The summed E-state index contributed by atoms with van der Waals surface area (Å²) in [5.74, 6) is -1.70. The molecule has 0 unspecified atom stereocenters. The van der Waals surface area contributed by atoms with Gasteiger partial charge in [-0.3, -0.25) is 24.6 Å². The molecule has 2 fully saturated rings. The number of aryl methyl sites for hydroxylation is 1. The Morgan fingerprint density at radius 2 is 1.85 bits per heavy atom. The zero-order valence-electron chi connectivity index (χ0n) is 14.5. The summed E-state index contributed by atoms with van der Waals surface area (Å²) in [6.45, 7) is 2.91. The molecule has 138 valence electrons. The Hall–Kier alpha value is -2.90. The molecule has 1 aromatic carbocycles. The van der Waals surface area contributed by atoms with Crippen molar-refractivity contribution in [2.75, 3.05) is 24.5 Å². The highest BCUT2D eigenvalue weighted by atomic mass is 16.4. The number of aliphatic carboxylic acids is 1. The van der Waals surface area contributed by atoms with Crippen LogP contribution in [0.2, 0.25) is 0 Å². The molecule has 2 aliphatic rings. The number of likely N-dealkylation sites (tertiary alicyclic amines) is 1. The van der Waals surface area contributed by atoms with Crippen molar-refractivity contribution < 1.29 is 24.3 Å². The second kappa shape index (κ2) is 7.15. The molecule has 8 nitrogen and oxygen atoms in total. The number of anilines is 1. The lowest BCUT2D eigenvalue weighted by Crippen LogP contribution is -2.49. The molecule has 0 saturated carbocycles. The van der Waals surface area contributed by atoms with E-state index in [1.165, 1.54) is 4.90 Å². The molecule has 2 N–H and O–H groups in total. The molecular weight excluding hydrogens is 338 g/mol. The second-order valence-corrected chi connectivity index (χ2v) is 6.66. The third-order valence-electron chi connectivity index (χ3n) is 4.93. The standard InChI is InChI=1S/C18H21N3O5/c1-11-2-3-13(10-14(11)21-9-6-15(22)19-18(21)26)16(23)20-7-4-12(5-8-20)17(24)25/h2-3,10,12H,4-9H2,1H3,(H,24,25)(H,19,22,26). The molecule has 0 spiro atoms. The fraction of sp³-hybridized carbons (Fsp3) is 0.444. The van der Waals surface area contributed by atoms with Gasteiger partial charge in [-0.25, -0.2) is 4.79 Å². The van der Waals surface area contributed by atoms with E-state index in [4.69, 9.17) is 5.11 Å². The highest BCUT2D eigenvalue weighted by Gasteiger charge is 2.29. The average Bonchev–Trinajstić information content (AvgIpc) is 2.62. The summed E-state index contributed by atoms with van der Waals surface area (Å²) in [7, 11) is 0. The van der Waals surface area contributed by atoms with E-state index in [1.807, 2.05) is 6.92 Å². The fourth-order valence-electron chi connectivity index (χ4n) is 3.34. The number of hydrogen-bond donors (Lipinski definition) is 2. The number of benzene rings is 1. The van der Waals surface area contributed by atoms with Gasteiger partial charge in [0.1, 0.15) is 0 Å². The Labute approximate surface area is 150 Å². The molecule has 8 heteroatoms. The van der Waals surface area contributed by atoms with Crippen molar-refractivity contribution in [3.05, 3.63) is 29.3 Å². The van der Waals surface area contributed by atoms with Crippen molar-refractivity contribution in [1.29, 1.82) is 0 Å². The summed E-state index contributed by atoms with van der Waals surface area (Å²) in [4.78, 5) is 50.3. The van der Waals surface area contributed by atoms with E-state index in [0.29, 0.717) is 37.2 Å². The normalized spacial score (nSPS) is 18.7. The Balaban J connectivity index is 1.77. The summed E-state index contributed by atoms with van der Waals surface area (Å²) in [5.41, 5.74) is 1.88. The van der Waals surface area contributed by atoms with Crippen molar-refractivity contribution in [3.8, 4) is 0 Å². The van der Waals surface area contributed by atoms with E-state index >= 15 is 0 Å². The quantitative estimate of drug-likeness (QED) is 0.848. The summed E-state index contributed by atoms with van der Waals surface area (Å²) in [6.07, 6.45) is 1.10. The molecule has 0 aliphatic carbocycles. The van der Waals surface area contributed by atoms with Crippen LogP contribution < -0.4 is 10.2 Å². The first-order chi connectivity index (χ1) is 12.4. The zero-order valence-corrected chi connectivity index (χ0v) is 14.5. The lowest BCUT2D eigenvalue weighted by molar-refractivity contribution is -0.143. The van der Waals surface area contributed by atoms with Gasteiger partial charge < -0.3 is 10.0 Å². The van der Waals surface area contributed by atoms with Gasteiger partial charge in [-0.05, 0) is 37.5 Å². The number of nitrogens with one attached hydrogen (secondary N) is 1. The van der Waals surface area contributed by atoms with E-state index in [1.54, 1.807) is 23.1 Å². The number of imide groups is 1. The van der Waals surface area contributed by atoms with E-state index < -0.39 is 17.9 Å². The van der Waals surface area contributed by atoms with E-state index in [2.05, 4.69) is 5.32 Å². The number of nitrogens with zero attached hydrogens (tertiary/aromatic N) is 2. The predicted octanol–water partition coefficient (Wildman–Crippen LogP) is 1.38. The van der Waals surface area contributed by atoms with Crippen molar-refractivity contribution >= 4 is 29.5 Å². The maximum Gasteiger partial charge on any atom is 0.328 e. The smallest absolute Gasteiger partial charge is 0.328 e. The van der Waals surface area contributed by atoms with Crippen LogP contribution in [-0.2, 0) is 9.59 Å². The summed E-state index contributed by atoms with van der Waals surface area (Å²) in [5, 5.41) is 11.3. The maximum atomic E-state index is 12.8. The molecule has 0 aromatic heterocycles. The number of carbonyl (C=O) groups is 4. The highest BCUT2D eigenvalue weighted by molar-refractivity contribution is 6.06. The Morgan fingerprint density at radius 3 is 2.46 bits per heavy atom. The Kier molecular flexibility index (Phi) is 4.92. The summed E-state index contributed by atoms with van der Waals surface area (Å²) >= 11 is 0. The van der Waals surface area contributed by atoms with Crippen LogP contribution in [0.25, 0.3) is 0 Å². The first-order valence-electron chi connectivity index (χ1n) is 8.61. The van der Waals surface area contributed by atoms with Crippen LogP contribution in [0.1, 0.15) is 35.2 Å². The maximum absolute atomic E-state index is 12.8. The van der Waals surface area contributed by atoms with Gasteiger partial charge >= 0.3 is 12.0 Å². The second-order valence-electron chi connectivity index (χ2n) is 6.66. The lowest BCUT2D eigenvalue weighted by Gasteiger charge is -2.31. The van der Waals surface area contributed by atoms with Crippen LogP contribution in [-0.4, -0.2) is 53.5 Å². The number of amides is 4. The number of urea groups is 1. The first-order valence-corrected chi connectivity index (χ1v) is 8.61. The van der Waals surface area contributed by atoms with Crippen molar-refractivity contribution in [3.63, 3.8) is 0 Å². The molecule has 0 bridgehead atoms. The molecular formula is C18H21N3O5. The van der Waals surface area contributed by atoms with Gasteiger partial charge in [0.15, 0.2) is 0 Å². The van der Waals surface area contributed by atoms with Gasteiger partial charge in [-0.2, -0.15) is 0 Å². The van der Waals surface area contributed by atoms with Gasteiger partial charge in [0.25, 0.3) is 5.91 Å². The molecule has 3 rings (SSSR count). The third-order valence-corrected chi connectivity index (χ3v) is 4.93. The molecule has 2 heterocycles. The lowest BCUT2D eigenvalue weighted by atomic mass is 9.96. The van der Waals surface area contributed by atoms with Gasteiger partial charge in [0.05, 0.1) is 5.92 Å². The van der Waals surface area contributed by atoms with Gasteiger partial charge in [-0.15, -0.1) is 0 Å². The van der Waals surface area contributed by atoms with Gasteiger partial charge in [-0.1, -0.05) is 6.07 Å². The summed E-state index contributed by atoms with van der Waals surface area (Å²) in [6, 6.07) is 4.65. The van der Waals surface area contributed by atoms with Crippen LogP contribution in [0.4, 0.5) is 10.5 Å². The molecule has 2 saturated heterocycles. The number of piperidine rings is 1.